The number of para-hydroxylation sites is 1. The van der Waals surface area contributed by atoms with Crippen molar-refractivity contribution in [2.45, 2.75) is 26.1 Å². The van der Waals surface area contributed by atoms with Gasteiger partial charge in [0.25, 0.3) is 0 Å². The highest BCUT2D eigenvalue weighted by Crippen LogP contribution is 2.24. The topological polar surface area (TPSA) is 49.7 Å². The first kappa shape index (κ1) is 11.0. The summed E-state index contributed by atoms with van der Waals surface area (Å²) in [5.74, 6) is 0.628. The molecule has 2 N–H and O–H groups in total. The summed E-state index contributed by atoms with van der Waals surface area (Å²) in [7, 11) is 0. The van der Waals surface area contributed by atoms with Gasteiger partial charge in [-0.25, -0.2) is 0 Å². The largest absolute Gasteiger partial charge is 0.491 e. The molecule has 0 spiro atoms. The maximum absolute atomic E-state index is 9.43. The van der Waals surface area contributed by atoms with Crippen LogP contribution in [0.4, 0.5) is 0 Å². The Morgan fingerprint density at radius 1 is 1.21 bits per heavy atom. The minimum Gasteiger partial charge on any atom is -0.491 e. The van der Waals surface area contributed by atoms with E-state index in [1.54, 1.807) is 19.9 Å². The number of hydrogen-bond acceptors (Lipinski definition) is 3. The fourth-order valence-corrected chi connectivity index (χ4v) is 1.17. The van der Waals surface area contributed by atoms with Crippen molar-refractivity contribution in [3.63, 3.8) is 0 Å². The van der Waals surface area contributed by atoms with Gasteiger partial charge in [0.1, 0.15) is 12.4 Å². The number of aliphatic hydroxyl groups excluding tert-OH is 2. The van der Waals surface area contributed by atoms with Crippen LogP contribution >= 0.6 is 0 Å². The summed E-state index contributed by atoms with van der Waals surface area (Å²) in [6.07, 6.45) is -1.06. The van der Waals surface area contributed by atoms with Crippen LogP contribution in [0.2, 0.25) is 0 Å². The van der Waals surface area contributed by atoms with Crippen molar-refractivity contribution in [1.29, 1.82) is 0 Å². The van der Waals surface area contributed by atoms with Crippen molar-refractivity contribution >= 4 is 0 Å². The van der Waals surface area contributed by atoms with Crippen molar-refractivity contribution < 1.29 is 14.9 Å². The lowest BCUT2D eigenvalue weighted by Crippen LogP contribution is -2.13. The standard InChI is InChI=1S/C11H16O3/c1-8(12)7-14-11-6-4-3-5-10(11)9(2)13/h3-6,8-9,12-13H,7H2,1-2H3/t8?,9-/m0/s1. The highest BCUT2D eigenvalue weighted by Gasteiger charge is 2.08. The van der Waals surface area contributed by atoms with E-state index in [9.17, 15) is 5.11 Å². The summed E-state index contributed by atoms with van der Waals surface area (Å²) >= 11 is 0. The zero-order valence-electron chi connectivity index (χ0n) is 8.47. The second-order valence-corrected chi connectivity index (χ2v) is 3.37. The van der Waals surface area contributed by atoms with Crippen molar-refractivity contribution in [2.75, 3.05) is 6.61 Å². The molecule has 2 atom stereocenters. The normalized spacial score (nSPS) is 14.9. The van der Waals surface area contributed by atoms with E-state index in [4.69, 9.17) is 9.84 Å². The van der Waals surface area contributed by atoms with E-state index in [1.165, 1.54) is 0 Å². The third-order valence-electron chi connectivity index (χ3n) is 1.85. The maximum Gasteiger partial charge on any atom is 0.125 e. The summed E-state index contributed by atoms with van der Waals surface area (Å²) in [5, 5.41) is 18.5. The fourth-order valence-electron chi connectivity index (χ4n) is 1.17. The molecule has 1 aromatic carbocycles. The second-order valence-electron chi connectivity index (χ2n) is 3.37. The quantitative estimate of drug-likeness (QED) is 0.767. The molecule has 3 nitrogen and oxygen atoms in total. The van der Waals surface area contributed by atoms with Crippen LogP contribution in [0.5, 0.6) is 5.75 Å². The van der Waals surface area contributed by atoms with Gasteiger partial charge in [0, 0.05) is 5.56 Å². The lowest BCUT2D eigenvalue weighted by atomic mass is 10.1. The molecular formula is C11H16O3. The molecule has 0 fully saturated rings. The van der Waals surface area contributed by atoms with Gasteiger partial charge in [-0.1, -0.05) is 18.2 Å². The summed E-state index contributed by atoms with van der Waals surface area (Å²) < 4.78 is 5.35. The molecule has 1 aromatic rings. The van der Waals surface area contributed by atoms with Crippen LogP contribution in [-0.4, -0.2) is 22.9 Å². The molecular weight excluding hydrogens is 180 g/mol. The van der Waals surface area contributed by atoms with E-state index < -0.39 is 12.2 Å². The Morgan fingerprint density at radius 2 is 1.86 bits per heavy atom. The Bertz CT molecular complexity index is 282. The van der Waals surface area contributed by atoms with Gasteiger partial charge in [-0.05, 0) is 19.9 Å². The second kappa shape index (κ2) is 4.98. The Labute approximate surface area is 84.0 Å². The SMILES string of the molecule is CC(O)COc1ccccc1[C@H](C)O. The van der Waals surface area contributed by atoms with Crippen molar-refractivity contribution in [3.8, 4) is 5.75 Å². The third-order valence-corrected chi connectivity index (χ3v) is 1.85. The molecule has 0 aromatic heterocycles. The average Bonchev–Trinajstić information content (AvgIpc) is 2.15. The summed E-state index contributed by atoms with van der Waals surface area (Å²) in [6, 6.07) is 7.27. The Balaban J connectivity index is 2.74. The molecule has 0 saturated carbocycles. The van der Waals surface area contributed by atoms with Crippen LogP contribution < -0.4 is 4.74 Å². The average molecular weight is 196 g/mol. The molecule has 1 rings (SSSR count). The molecule has 0 aliphatic rings. The number of rotatable bonds is 4. The predicted molar refractivity (Wildman–Crippen MR) is 54.3 cm³/mol. The van der Waals surface area contributed by atoms with Gasteiger partial charge in [-0.2, -0.15) is 0 Å². The van der Waals surface area contributed by atoms with Crippen LogP contribution in [0.25, 0.3) is 0 Å². The lowest BCUT2D eigenvalue weighted by molar-refractivity contribution is 0.118. The molecule has 0 saturated heterocycles. The van der Waals surface area contributed by atoms with Gasteiger partial charge in [0.2, 0.25) is 0 Å². The smallest absolute Gasteiger partial charge is 0.125 e. The molecule has 0 amide bonds. The molecule has 14 heavy (non-hydrogen) atoms. The first-order valence-electron chi connectivity index (χ1n) is 4.69. The van der Waals surface area contributed by atoms with Crippen LogP contribution in [0, 0.1) is 0 Å². The van der Waals surface area contributed by atoms with Crippen LogP contribution in [0.1, 0.15) is 25.5 Å². The van der Waals surface area contributed by atoms with Gasteiger partial charge in [0.05, 0.1) is 12.2 Å². The summed E-state index contributed by atoms with van der Waals surface area (Å²) in [5.41, 5.74) is 0.744. The molecule has 0 aliphatic carbocycles. The molecule has 0 bridgehead atoms. The Kier molecular flexibility index (Phi) is 3.92. The molecule has 3 heteroatoms. The number of aliphatic hydroxyl groups is 2. The first-order valence-corrected chi connectivity index (χ1v) is 4.69. The number of benzene rings is 1. The van der Waals surface area contributed by atoms with Crippen LogP contribution in [0.15, 0.2) is 24.3 Å². The zero-order valence-corrected chi connectivity index (χ0v) is 8.47. The van der Waals surface area contributed by atoms with E-state index in [0.29, 0.717) is 5.75 Å². The van der Waals surface area contributed by atoms with Gasteiger partial charge in [-0.15, -0.1) is 0 Å². The van der Waals surface area contributed by atoms with Crippen LogP contribution in [-0.2, 0) is 0 Å². The predicted octanol–water partition coefficient (Wildman–Crippen LogP) is 1.50. The van der Waals surface area contributed by atoms with Gasteiger partial charge in [0.15, 0.2) is 0 Å². The molecule has 0 heterocycles. The minimum absolute atomic E-state index is 0.240. The highest BCUT2D eigenvalue weighted by molar-refractivity contribution is 5.34. The van der Waals surface area contributed by atoms with E-state index in [0.717, 1.165) is 5.56 Å². The monoisotopic (exact) mass is 196 g/mol. The van der Waals surface area contributed by atoms with E-state index in [-0.39, 0.29) is 6.61 Å². The lowest BCUT2D eigenvalue weighted by Gasteiger charge is -2.13. The molecule has 0 radical (unpaired) electrons. The third kappa shape index (κ3) is 3.01. The highest BCUT2D eigenvalue weighted by atomic mass is 16.5. The first-order chi connectivity index (χ1) is 6.61. The zero-order chi connectivity index (χ0) is 10.6. The maximum atomic E-state index is 9.43. The van der Waals surface area contributed by atoms with Crippen molar-refractivity contribution in [1.82, 2.24) is 0 Å². The van der Waals surface area contributed by atoms with E-state index >= 15 is 0 Å². The van der Waals surface area contributed by atoms with Gasteiger partial charge < -0.3 is 14.9 Å². The number of hydrogen-bond donors (Lipinski definition) is 2. The minimum atomic E-state index is -0.555. The molecule has 1 unspecified atom stereocenters. The van der Waals surface area contributed by atoms with Crippen molar-refractivity contribution in [2.24, 2.45) is 0 Å². The number of ether oxygens (including phenoxy) is 1. The summed E-state index contributed by atoms with van der Waals surface area (Å²) in [6.45, 7) is 3.58. The Hall–Kier alpha value is -1.06. The van der Waals surface area contributed by atoms with E-state index in [1.807, 2.05) is 18.2 Å². The van der Waals surface area contributed by atoms with Crippen LogP contribution in [0.3, 0.4) is 0 Å². The van der Waals surface area contributed by atoms with E-state index in [2.05, 4.69) is 0 Å². The van der Waals surface area contributed by atoms with Gasteiger partial charge >= 0.3 is 0 Å². The molecule has 78 valence electrons. The fraction of sp³-hybridized carbons (Fsp3) is 0.455. The summed E-state index contributed by atoms with van der Waals surface area (Å²) in [4.78, 5) is 0. The Morgan fingerprint density at radius 3 is 2.43 bits per heavy atom. The molecule has 0 aliphatic heterocycles. The van der Waals surface area contributed by atoms with Gasteiger partial charge in [-0.3, -0.25) is 0 Å². The van der Waals surface area contributed by atoms with Crippen molar-refractivity contribution in [3.05, 3.63) is 29.8 Å².